The van der Waals surface area contributed by atoms with Crippen LogP contribution >= 0.6 is 0 Å². The van der Waals surface area contributed by atoms with Gasteiger partial charge in [-0.2, -0.15) is 5.10 Å². The van der Waals surface area contributed by atoms with Crippen molar-refractivity contribution in [1.82, 2.24) is 5.01 Å². The molecule has 8 heteroatoms. The van der Waals surface area contributed by atoms with Gasteiger partial charge in [0.15, 0.2) is 0 Å². The highest BCUT2D eigenvalue weighted by Gasteiger charge is 2.44. The smallest absolute Gasteiger partial charge is 0.274 e. The molecule has 0 N–H and O–H groups in total. The van der Waals surface area contributed by atoms with E-state index in [-0.39, 0.29) is 29.1 Å². The van der Waals surface area contributed by atoms with Gasteiger partial charge in [-0.15, -0.1) is 0 Å². The molecule has 1 heterocycles. The maximum Gasteiger partial charge on any atom is 0.274 e. The molecule has 1 amide bonds. The van der Waals surface area contributed by atoms with Crippen molar-refractivity contribution in [2.45, 2.75) is 25.3 Å². The van der Waals surface area contributed by atoms with Gasteiger partial charge in [0, 0.05) is 23.6 Å². The standard InChI is InChI=1S/C29H27N3O5/c1-36-24-13-9-19(10-14-24)17-21-5-4-8-26-27(21)30-31(28(26)20-11-15-25(37-2)16-12-20)29(33)22-6-3-7-23(18-22)32(34)35/h3,6-7,9-18,26,28H,4-5,8H2,1-2H3/b21-17+. The summed E-state index contributed by atoms with van der Waals surface area (Å²) >= 11 is 0. The number of ether oxygens (including phenoxy) is 2. The Labute approximate surface area is 215 Å². The SMILES string of the molecule is COc1ccc(/C=C2\CCCC3C2=NN(C(=O)c2cccc([N+](=O)[O-])c2)C3c2ccc(OC)cc2)cc1. The summed E-state index contributed by atoms with van der Waals surface area (Å²) in [6, 6.07) is 21.0. The first-order valence-electron chi connectivity index (χ1n) is 12.1. The van der Waals surface area contributed by atoms with Crippen molar-refractivity contribution >= 4 is 23.4 Å². The molecule has 1 saturated carbocycles. The number of benzene rings is 3. The molecule has 0 saturated heterocycles. The summed E-state index contributed by atoms with van der Waals surface area (Å²) in [4.78, 5) is 24.6. The van der Waals surface area contributed by atoms with Crippen LogP contribution in [0.4, 0.5) is 5.69 Å². The molecule has 3 aromatic rings. The molecule has 2 atom stereocenters. The van der Waals surface area contributed by atoms with Gasteiger partial charge in [-0.25, -0.2) is 5.01 Å². The lowest BCUT2D eigenvalue weighted by Crippen LogP contribution is -2.32. The van der Waals surface area contributed by atoms with E-state index >= 15 is 0 Å². The molecule has 1 aliphatic carbocycles. The predicted octanol–water partition coefficient (Wildman–Crippen LogP) is 6.05. The Kier molecular flexibility index (Phi) is 6.72. The van der Waals surface area contributed by atoms with E-state index in [4.69, 9.17) is 14.6 Å². The Bertz CT molecular complexity index is 1380. The van der Waals surface area contributed by atoms with Gasteiger partial charge < -0.3 is 9.47 Å². The first-order chi connectivity index (χ1) is 18.0. The van der Waals surface area contributed by atoms with Gasteiger partial charge in [0.25, 0.3) is 11.6 Å². The Hall–Kier alpha value is -4.46. The molecule has 37 heavy (non-hydrogen) atoms. The lowest BCUT2D eigenvalue weighted by Gasteiger charge is -2.29. The monoisotopic (exact) mass is 497 g/mol. The van der Waals surface area contributed by atoms with Crippen molar-refractivity contribution in [2.75, 3.05) is 14.2 Å². The largest absolute Gasteiger partial charge is 0.497 e. The fourth-order valence-electron chi connectivity index (χ4n) is 5.09. The maximum atomic E-state index is 13.7. The number of hydrogen-bond donors (Lipinski definition) is 0. The van der Waals surface area contributed by atoms with Gasteiger partial charge in [-0.1, -0.05) is 30.3 Å². The van der Waals surface area contributed by atoms with E-state index in [1.165, 1.54) is 23.2 Å². The van der Waals surface area contributed by atoms with E-state index in [0.29, 0.717) is 0 Å². The van der Waals surface area contributed by atoms with Gasteiger partial charge >= 0.3 is 0 Å². The number of non-ortho nitro benzene ring substituents is 1. The Morgan fingerprint density at radius 1 is 1.03 bits per heavy atom. The molecule has 188 valence electrons. The van der Waals surface area contributed by atoms with Gasteiger partial charge in [0.05, 0.1) is 30.9 Å². The van der Waals surface area contributed by atoms with Gasteiger partial charge in [-0.05, 0) is 72.4 Å². The summed E-state index contributed by atoms with van der Waals surface area (Å²) < 4.78 is 10.6. The zero-order chi connectivity index (χ0) is 25.9. The number of hydrogen-bond acceptors (Lipinski definition) is 6. The number of carbonyl (C=O) groups is 1. The molecule has 2 aliphatic rings. The predicted molar refractivity (Wildman–Crippen MR) is 141 cm³/mol. The minimum Gasteiger partial charge on any atom is -0.497 e. The van der Waals surface area contributed by atoms with Crippen molar-refractivity contribution in [3.8, 4) is 11.5 Å². The summed E-state index contributed by atoms with van der Waals surface area (Å²) in [6.07, 6.45) is 4.83. The Balaban J connectivity index is 1.56. The van der Waals surface area contributed by atoms with Crippen LogP contribution < -0.4 is 9.47 Å². The third-order valence-corrected chi connectivity index (χ3v) is 6.93. The topological polar surface area (TPSA) is 94.3 Å². The van der Waals surface area contributed by atoms with Crippen LogP contribution in [0.2, 0.25) is 0 Å². The molecule has 5 rings (SSSR count). The van der Waals surface area contributed by atoms with E-state index in [1.54, 1.807) is 20.3 Å². The fraction of sp³-hybridized carbons (Fsp3) is 0.241. The van der Waals surface area contributed by atoms with Crippen LogP contribution in [-0.4, -0.2) is 35.8 Å². The van der Waals surface area contributed by atoms with Crippen molar-refractivity contribution in [3.63, 3.8) is 0 Å². The van der Waals surface area contributed by atoms with E-state index in [0.717, 1.165) is 53.2 Å². The van der Waals surface area contributed by atoms with Crippen LogP contribution in [0.15, 0.2) is 83.5 Å². The quantitative estimate of drug-likeness (QED) is 0.305. The van der Waals surface area contributed by atoms with E-state index in [2.05, 4.69) is 6.08 Å². The lowest BCUT2D eigenvalue weighted by molar-refractivity contribution is -0.384. The second-order valence-electron chi connectivity index (χ2n) is 9.10. The zero-order valence-electron chi connectivity index (χ0n) is 20.7. The van der Waals surface area contributed by atoms with Crippen LogP contribution in [0.25, 0.3) is 6.08 Å². The average molecular weight is 498 g/mol. The number of amides is 1. The van der Waals surface area contributed by atoms with Gasteiger partial charge in [0.2, 0.25) is 0 Å². The average Bonchev–Trinajstić information content (AvgIpc) is 3.34. The molecule has 8 nitrogen and oxygen atoms in total. The molecule has 0 spiro atoms. The summed E-state index contributed by atoms with van der Waals surface area (Å²) in [7, 11) is 3.25. The number of rotatable bonds is 6. The molecule has 3 aromatic carbocycles. The van der Waals surface area contributed by atoms with E-state index in [9.17, 15) is 14.9 Å². The minimum atomic E-state index is -0.497. The van der Waals surface area contributed by atoms with Gasteiger partial charge in [-0.3, -0.25) is 14.9 Å². The number of fused-ring (bicyclic) bond motifs is 1. The van der Waals surface area contributed by atoms with Crippen LogP contribution in [0, 0.1) is 16.0 Å². The zero-order valence-corrected chi connectivity index (χ0v) is 20.7. The first kappa shape index (κ1) is 24.2. The Morgan fingerprint density at radius 2 is 1.70 bits per heavy atom. The number of nitro benzene ring substituents is 1. The van der Waals surface area contributed by atoms with Crippen molar-refractivity contribution < 1.29 is 19.2 Å². The summed E-state index contributed by atoms with van der Waals surface area (Å²) in [5, 5.41) is 17.7. The summed E-state index contributed by atoms with van der Waals surface area (Å²) in [6.45, 7) is 0. The van der Waals surface area contributed by atoms with Crippen LogP contribution in [0.1, 0.15) is 46.8 Å². The highest BCUT2D eigenvalue weighted by atomic mass is 16.6. The lowest BCUT2D eigenvalue weighted by atomic mass is 9.77. The number of carbonyl (C=O) groups excluding carboxylic acids is 1. The minimum absolute atomic E-state index is 0.00860. The molecule has 2 unspecified atom stereocenters. The fourth-order valence-corrected chi connectivity index (χ4v) is 5.09. The maximum absolute atomic E-state index is 13.7. The van der Waals surface area contributed by atoms with Crippen molar-refractivity contribution in [1.29, 1.82) is 0 Å². The summed E-state index contributed by atoms with van der Waals surface area (Å²) in [5.74, 6) is 1.16. The van der Waals surface area contributed by atoms with Crippen molar-refractivity contribution in [2.24, 2.45) is 11.0 Å². The third-order valence-electron chi connectivity index (χ3n) is 6.93. The molecule has 1 aliphatic heterocycles. The highest BCUT2D eigenvalue weighted by molar-refractivity contribution is 6.09. The molecule has 1 fully saturated rings. The number of nitrogens with zero attached hydrogens (tertiary/aromatic N) is 3. The van der Waals surface area contributed by atoms with E-state index in [1.807, 2.05) is 48.5 Å². The third kappa shape index (κ3) is 4.82. The second-order valence-corrected chi connectivity index (χ2v) is 9.10. The number of allylic oxidation sites excluding steroid dienone is 1. The van der Waals surface area contributed by atoms with Crippen LogP contribution in [0.3, 0.4) is 0 Å². The molecule has 0 bridgehead atoms. The number of hydrazone groups is 1. The van der Waals surface area contributed by atoms with Crippen LogP contribution in [0.5, 0.6) is 11.5 Å². The van der Waals surface area contributed by atoms with Gasteiger partial charge in [0.1, 0.15) is 11.5 Å². The second kappa shape index (κ2) is 10.3. The normalized spacial score (nSPS) is 19.8. The van der Waals surface area contributed by atoms with Crippen LogP contribution in [-0.2, 0) is 0 Å². The number of methoxy groups -OCH3 is 2. The molecular formula is C29H27N3O5. The van der Waals surface area contributed by atoms with E-state index < -0.39 is 4.92 Å². The molecule has 0 aromatic heterocycles. The van der Waals surface area contributed by atoms with Crippen molar-refractivity contribution in [3.05, 3.63) is 105 Å². The molecule has 0 radical (unpaired) electrons. The molecular weight excluding hydrogens is 470 g/mol. The Morgan fingerprint density at radius 3 is 2.35 bits per heavy atom. The first-order valence-corrected chi connectivity index (χ1v) is 12.1. The number of nitro groups is 1. The summed E-state index contributed by atoms with van der Waals surface area (Å²) in [5.41, 5.74) is 4.06. The highest BCUT2D eigenvalue weighted by Crippen LogP contribution is 2.45.